The number of thiophene rings is 1. The number of benzene rings is 2. The molecule has 0 saturated heterocycles. The first-order chi connectivity index (χ1) is 17.4. The lowest BCUT2D eigenvalue weighted by Gasteiger charge is -2.14. The number of carboxylic acids is 1. The van der Waals surface area contributed by atoms with E-state index in [1.807, 2.05) is 73.7 Å². The summed E-state index contributed by atoms with van der Waals surface area (Å²) in [5.41, 5.74) is 4.02. The second-order valence-electron chi connectivity index (χ2n) is 8.77. The van der Waals surface area contributed by atoms with Crippen molar-refractivity contribution in [2.75, 3.05) is 5.32 Å². The van der Waals surface area contributed by atoms with Gasteiger partial charge in [0, 0.05) is 17.3 Å². The van der Waals surface area contributed by atoms with E-state index in [9.17, 15) is 14.7 Å². The number of amides is 1. The van der Waals surface area contributed by atoms with Crippen molar-refractivity contribution in [2.24, 2.45) is 0 Å². The van der Waals surface area contributed by atoms with Crippen LogP contribution in [0, 0.1) is 0 Å². The van der Waals surface area contributed by atoms with Gasteiger partial charge in [-0.25, -0.2) is 4.79 Å². The Kier molecular flexibility index (Phi) is 6.51. The number of anilines is 1. The summed E-state index contributed by atoms with van der Waals surface area (Å²) in [5.74, 6) is -0.768. The average Bonchev–Trinajstić information content (AvgIpc) is 3.63. The van der Waals surface area contributed by atoms with E-state index in [0.717, 1.165) is 32.8 Å². The van der Waals surface area contributed by atoms with Gasteiger partial charge >= 0.3 is 12.1 Å². The van der Waals surface area contributed by atoms with Crippen LogP contribution in [0.25, 0.3) is 21.7 Å². The van der Waals surface area contributed by atoms with Crippen LogP contribution in [0.1, 0.15) is 37.0 Å². The van der Waals surface area contributed by atoms with E-state index in [2.05, 4.69) is 10.3 Å². The van der Waals surface area contributed by atoms with Crippen molar-refractivity contribution in [3.63, 3.8) is 0 Å². The molecule has 1 amide bonds. The Labute approximate surface area is 217 Å². The van der Waals surface area contributed by atoms with Gasteiger partial charge in [-0.15, -0.1) is 11.3 Å². The number of carbonyl (C=O) groups is 2. The maximum absolute atomic E-state index is 12.5. The topological polar surface area (TPSA) is 88.5 Å². The highest BCUT2D eigenvalue weighted by atomic mass is 35.5. The first-order valence-corrected chi connectivity index (χ1v) is 12.7. The number of carboxylic acid groups (broad SMARTS) is 1. The molecule has 2 aromatic carbocycles. The molecule has 6 nitrogen and oxygen atoms in total. The van der Waals surface area contributed by atoms with E-state index in [-0.39, 0.29) is 0 Å². The second kappa shape index (κ2) is 9.76. The molecule has 1 aliphatic carbocycles. The van der Waals surface area contributed by atoms with Crippen LogP contribution in [0.5, 0.6) is 0 Å². The van der Waals surface area contributed by atoms with Gasteiger partial charge < -0.3 is 9.84 Å². The number of hydrogen-bond acceptors (Lipinski definition) is 5. The van der Waals surface area contributed by atoms with Gasteiger partial charge in [0.15, 0.2) is 0 Å². The first kappa shape index (κ1) is 24.0. The summed E-state index contributed by atoms with van der Waals surface area (Å²) >= 11 is 7.61. The molecule has 2 aromatic heterocycles. The van der Waals surface area contributed by atoms with Crippen LogP contribution in [-0.4, -0.2) is 22.2 Å². The number of nitrogens with one attached hydrogen (secondary N) is 1. The number of carbonyl (C=O) groups excluding carboxylic acids is 1. The number of nitrogens with zero attached hydrogens (tertiary/aromatic N) is 1. The molecule has 182 valence electrons. The standard InChI is InChI=1S/C28H23ClN2O4S/c1-17(18-5-3-2-4-6-18)35-27(34)31-23-15-24(29)36-25(23)20-9-12-22(30-16-20)19-7-10-21(11-8-19)28(13-14-28)26(32)33/h2-12,15-17H,13-14H2,1H3,(H,31,34)(H,32,33). The van der Waals surface area contributed by atoms with Crippen LogP contribution in [0.2, 0.25) is 4.34 Å². The monoisotopic (exact) mass is 518 g/mol. The minimum atomic E-state index is -0.768. The first-order valence-electron chi connectivity index (χ1n) is 11.5. The predicted octanol–water partition coefficient (Wildman–Crippen LogP) is 7.56. The number of halogens is 1. The van der Waals surface area contributed by atoms with Crippen molar-refractivity contribution in [1.29, 1.82) is 0 Å². The Balaban J connectivity index is 1.30. The third-order valence-electron chi connectivity index (χ3n) is 6.41. The lowest BCUT2D eigenvalue weighted by molar-refractivity contribution is -0.140. The fourth-order valence-corrected chi connectivity index (χ4v) is 5.34. The number of aromatic nitrogens is 1. The molecule has 0 radical (unpaired) electrons. The molecule has 2 heterocycles. The summed E-state index contributed by atoms with van der Waals surface area (Å²) in [6, 6.07) is 22.6. The fourth-order valence-electron chi connectivity index (χ4n) is 4.17. The summed E-state index contributed by atoms with van der Waals surface area (Å²) < 4.78 is 6.06. The van der Waals surface area contributed by atoms with E-state index < -0.39 is 23.6 Å². The highest BCUT2D eigenvalue weighted by Crippen LogP contribution is 2.48. The number of hydrogen-bond donors (Lipinski definition) is 2. The average molecular weight is 519 g/mol. The van der Waals surface area contributed by atoms with Crippen molar-refractivity contribution in [1.82, 2.24) is 4.98 Å². The lowest BCUT2D eigenvalue weighted by Crippen LogP contribution is -2.19. The zero-order valence-corrected chi connectivity index (χ0v) is 21.0. The van der Waals surface area contributed by atoms with Gasteiger partial charge in [-0.3, -0.25) is 15.1 Å². The molecule has 2 N–H and O–H groups in total. The molecule has 1 atom stereocenters. The van der Waals surface area contributed by atoms with E-state index in [1.165, 1.54) is 11.3 Å². The molecule has 0 aliphatic heterocycles. The van der Waals surface area contributed by atoms with Crippen LogP contribution >= 0.6 is 22.9 Å². The number of pyridine rings is 1. The SMILES string of the molecule is CC(OC(=O)Nc1cc(Cl)sc1-c1ccc(-c2ccc(C3(C(=O)O)CC3)cc2)nc1)c1ccccc1. The van der Waals surface area contributed by atoms with Gasteiger partial charge in [0.2, 0.25) is 0 Å². The molecular weight excluding hydrogens is 496 g/mol. The molecule has 1 saturated carbocycles. The molecule has 8 heteroatoms. The van der Waals surface area contributed by atoms with E-state index >= 15 is 0 Å². The highest BCUT2D eigenvalue weighted by Gasteiger charge is 2.51. The third kappa shape index (κ3) is 4.85. The van der Waals surface area contributed by atoms with Gasteiger partial charge in [0.1, 0.15) is 6.10 Å². The van der Waals surface area contributed by atoms with Gasteiger partial charge in [0.25, 0.3) is 0 Å². The maximum atomic E-state index is 12.5. The molecule has 0 bridgehead atoms. The fraction of sp³-hybridized carbons (Fsp3) is 0.179. The molecule has 1 aliphatic rings. The molecule has 1 fully saturated rings. The second-order valence-corrected chi connectivity index (χ2v) is 10.5. The Morgan fingerprint density at radius 3 is 2.36 bits per heavy atom. The van der Waals surface area contributed by atoms with Gasteiger partial charge in [-0.05, 0) is 49.1 Å². The zero-order chi connectivity index (χ0) is 25.3. The third-order valence-corrected chi connectivity index (χ3v) is 7.72. The van der Waals surface area contributed by atoms with Crippen LogP contribution in [0.3, 0.4) is 0 Å². The Morgan fingerprint density at radius 2 is 1.75 bits per heavy atom. The van der Waals surface area contributed by atoms with Gasteiger partial charge in [-0.1, -0.05) is 66.2 Å². The van der Waals surface area contributed by atoms with Crippen LogP contribution < -0.4 is 5.32 Å². The lowest BCUT2D eigenvalue weighted by atomic mass is 9.94. The normalized spacial score (nSPS) is 14.6. The van der Waals surface area contributed by atoms with Crippen molar-refractivity contribution < 1.29 is 19.4 Å². The van der Waals surface area contributed by atoms with Crippen molar-refractivity contribution in [3.05, 3.63) is 94.5 Å². The van der Waals surface area contributed by atoms with Crippen molar-refractivity contribution in [2.45, 2.75) is 31.3 Å². The Bertz CT molecular complexity index is 1400. The number of aliphatic carboxylic acids is 1. The summed E-state index contributed by atoms with van der Waals surface area (Å²) in [4.78, 5) is 29.5. The van der Waals surface area contributed by atoms with Crippen molar-refractivity contribution >= 4 is 40.7 Å². The van der Waals surface area contributed by atoms with Gasteiger partial charge in [-0.2, -0.15) is 0 Å². The van der Waals surface area contributed by atoms with Gasteiger partial charge in [0.05, 0.1) is 26.0 Å². The summed E-state index contributed by atoms with van der Waals surface area (Å²) in [7, 11) is 0. The Morgan fingerprint density at radius 1 is 1.06 bits per heavy atom. The number of rotatable bonds is 7. The molecule has 5 rings (SSSR count). The maximum Gasteiger partial charge on any atom is 0.412 e. The highest BCUT2D eigenvalue weighted by molar-refractivity contribution is 7.20. The van der Waals surface area contributed by atoms with Crippen LogP contribution in [0.15, 0.2) is 79.0 Å². The van der Waals surface area contributed by atoms with Crippen molar-refractivity contribution in [3.8, 4) is 21.7 Å². The van der Waals surface area contributed by atoms with E-state index in [4.69, 9.17) is 16.3 Å². The molecule has 1 unspecified atom stereocenters. The largest absolute Gasteiger partial charge is 0.481 e. The minimum Gasteiger partial charge on any atom is -0.481 e. The zero-order valence-electron chi connectivity index (χ0n) is 19.4. The minimum absolute atomic E-state index is 0.401. The molecular formula is C28H23ClN2O4S. The quantitative estimate of drug-likeness (QED) is 0.263. The summed E-state index contributed by atoms with van der Waals surface area (Å²) in [5, 5.41) is 12.3. The molecule has 0 spiro atoms. The predicted molar refractivity (Wildman–Crippen MR) is 142 cm³/mol. The summed E-state index contributed by atoms with van der Waals surface area (Å²) in [6.45, 7) is 1.82. The summed E-state index contributed by atoms with van der Waals surface area (Å²) in [6.07, 6.45) is 2.11. The van der Waals surface area contributed by atoms with E-state index in [0.29, 0.717) is 22.9 Å². The van der Waals surface area contributed by atoms with Crippen LogP contribution in [0.4, 0.5) is 10.5 Å². The Hall–Kier alpha value is -3.68. The van der Waals surface area contributed by atoms with E-state index in [1.54, 1.807) is 12.3 Å². The smallest absolute Gasteiger partial charge is 0.412 e. The van der Waals surface area contributed by atoms with Crippen LogP contribution in [-0.2, 0) is 14.9 Å². The number of ether oxygens (including phenoxy) is 1. The molecule has 4 aromatic rings. The molecule has 36 heavy (non-hydrogen) atoms.